The van der Waals surface area contributed by atoms with Crippen LogP contribution in [-0.2, 0) is 20.1 Å². The van der Waals surface area contributed by atoms with Gasteiger partial charge in [0.1, 0.15) is 18.1 Å². The number of aryl methyl sites for hydroxylation is 1. The molecule has 0 radical (unpaired) electrons. The zero-order valence-corrected chi connectivity index (χ0v) is 20.6. The lowest BCUT2D eigenvalue weighted by atomic mass is 10.2. The van der Waals surface area contributed by atoms with E-state index in [1.54, 1.807) is 37.5 Å². The highest BCUT2D eigenvalue weighted by Gasteiger charge is 2.15. The highest BCUT2D eigenvalue weighted by atomic mass is 79.9. The van der Waals surface area contributed by atoms with Gasteiger partial charge in [0.05, 0.1) is 30.8 Å². The number of hydrogen-bond acceptors (Lipinski definition) is 7. The quantitative estimate of drug-likeness (QED) is 0.365. The Bertz CT molecular complexity index is 1500. The third-order valence-corrected chi connectivity index (χ3v) is 5.86. The van der Waals surface area contributed by atoms with Gasteiger partial charge in [-0.2, -0.15) is 0 Å². The van der Waals surface area contributed by atoms with E-state index in [0.717, 1.165) is 14.6 Å². The second-order valence-corrected chi connectivity index (χ2v) is 8.49. The summed E-state index contributed by atoms with van der Waals surface area (Å²) >= 11 is 3.36. The number of hydrogen-bond donors (Lipinski definition) is 1. The Morgan fingerprint density at radius 3 is 2.63 bits per heavy atom. The summed E-state index contributed by atoms with van der Waals surface area (Å²) in [6, 6.07) is 12.1. The van der Waals surface area contributed by atoms with E-state index in [1.165, 1.54) is 23.9 Å². The highest BCUT2D eigenvalue weighted by Crippen LogP contribution is 2.16. The van der Waals surface area contributed by atoms with Crippen LogP contribution >= 0.6 is 15.9 Å². The topological polar surface area (TPSA) is 117 Å². The van der Waals surface area contributed by atoms with Crippen molar-refractivity contribution in [2.45, 2.75) is 13.1 Å². The van der Waals surface area contributed by atoms with Crippen molar-refractivity contribution in [1.82, 2.24) is 24.4 Å². The summed E-state index contributed by atoms with van der Waals surface area (Å²) in [4.78, 5) is 46.8. The molecule has 0 aliphatic heterocycles. The van der Waals surface area contributed by atoms with Crippen LogP contribution in [0.2, 0.25) is 0 Å². The number of ether oxygens (including phenoxy) is 2. The number of amides is 1. The van der Waals surface area contributed by atoms with Gasteiger partial charge in [-0.05, 0) is 42.0 Å². The fraction of sp³-hybridized carbons (Fsp3) is 0.208. The number of halogens is 1. The number of nitrogens with one attached hydrogen (secondary N) is 1. The van der Waals surface area contributed by atoms with Crippen LogP contribution in [0, 0.1) is 0 Å². The minimum atomic E-state index is -0.516. The second-order valence-electron chi connectivity index (χ2n) is 7.58. The number of nitrogens with zero attached hydrogens (tertiary/aromatic N) is 4. The first-order valence-electron chi connectivity index (χ1n) is 10.6. The number of carbonyl (C=O) groups is 1. The third kappa shape index (κ3) is 5.40. The van der Waals surface area contributed by atoms with Crippen LogP contribution in [0.1, 0.15) is 16.1 Å². The van der Waals surface area contributed by atoms with Gasteiger partial charge in [-0.3, -0.25) is 18.7 Å². The molecule has 0 fully saturated rings. The molecule has 3 heterocycles. The van der Waals surface area contributed by atoms with E-state index in [9.17, 15) is 14.4 Å². The molecule has 4 aromatic rings. The molecule has 0 aliphatic carbocycles. The summed E-state index contributed by atoms with van der Waals surface area (Å²) in [5, 5.41) is 2.97. The zero-order chi connectivity index (χ0) is 24.9. The monoisotopic (exact) mass is 539 g/mol. The van der Waals surface area contributed by atoms with Gasteiger partial charge in [-0.15, -0.1) is 0 Å². The van der Waals surface area contributed by atoms with Crippen LogP contribution < -0.4 is 26.0 Å². The first kappa shape index (κ1) is 24.1. The number of aromatic nitrogens is 4. The molecule has 4 rings (SSSR count). The van der Waals surface area contributed by atoms with E-state index >= 15 is 0 Å². The molecule has 1 N–H and O–H groups in total. The lowest BCUT2D eigenvalue weighted by Gasteiger charge is -2.12. The van der Waals surface area contributed by atoms with Crippen LogP contribution in [0.5, 0.6) is 11.6 Å². The summed E-state index contributed by atoms with van der Waals surface area (Å²) in [5.41, 5.74) is 0.180. The van der Waals surface area contributed by atoms with Crippen LogP contribution in [-0.4, -0.2) is 38.7 Å². The summed E-state index contributed by atoms with van der Waals surface area (Å²) in [7, 11) is 3.06. The molecule has 10 nitrogen and oxygen atoms in total. The van der Waals surface area contributed by atoms with E-state index in [4.69, 9.17) is 9.47 Å². The molecule has 3 aromatic heterocycles. The average Bonchev–Trinajstić information content (AvgIpc) is 2.88. The molecule has 0 saturated carbocycles. The predicted molar refractivity (Wildman–Crippen MR) is 133 cm³/mol. The molecule has 11 heteroatoms. The van der Waals surface area contributed by atoms with E-state index in [1.807, 2.05) is 12.1 Å². The standard InChI is InChI=1S/C24H22BrN5O5/c1-29-20-14-27-19(22(31)28-13-15-7-8-26-21(11-15)34-2)12-18(20)23(32)30(24(29)33)9-10-35-17-5-3-16(25)4-6-17/h3-8,11-12,14H,9-10,13H2,1-2H3,(H,28,31). The number of benzene rings is 1. The maximum absolute atomic E-state index is 13.1. The molecule has 0 aliphatic rings. The van der Waals surface area contributed by atoms with E-state index in [2.05, 4.69) is 31.2 Å². The van der Waals surface area contributed by atoms with Gasteiger partial charge < -0.3 is 14.8 Å². The number of carbonyl (C=O) groups excluding carboxylic acids is 1. The fourth-order valence-electron chi connectivity index (χ4n) is 3.46. The van der Waals surface area contributed by atoms with Gasteiger partial charge in [0.2, 0.25) is 5.88 Å². The van der Waals surface area contributed by atoms with Crippen molar-refractivity contribution in [2.75, 3.05) is 13.7 Å². The molecule has 180 valence electrons. The van der Waals surface area contributed by atoms with Crippen LogP contribution in [0.25, 0.3) is 10.9 Å². The normalized spacial score (nSPS) is 10.8. The van der Waals surface area contributed by atoms with Gasteiger partial charge in [0, 0.05) is 30.3 Å². The second kappa shape index (κ2) is 10.5. The molecule has 0 atom stereocenters. The van der Waals surface area contributed by atoms with Crippen LogP contribution in [0.4, 0.5) is 0 Å². The predicted octanol–water partition coefficient (Wildman–Crippen LogP) is 2.27. The van der Waals surface area contributed by atoms with Gasteiger partial charge in [0.25, 0.3) is 11.5 Å². The molecule has 0 bridgehead atoms. The Kier molecular flexibility index (Phi) is 7.25. The van der Waals surface area contributed by atoms with E-state index in [0.29, 0.717) is 17.1 Å². The van der Waals surface area contributed by atoms with Crippen molar-refractivity contribution in [3.63, 3.8) is 0 Å². The van der Waals surface area contributed by atoms with Gasteiger partial charge in [-0.25, -0.2) is 14.8 Å². The Hall–Kier alpha value is -3.99. The molecule has 1 aromatic carbocycles. The summed E-state index contributed by atoms with van der Waals surface area (Å²) < 4.78 is 14.1. The highest BCUT2D eigenvalue weighted by molar-refractivity contribution is 9.10. The number of methoxy groups -OCH3 is 1. The summed E-state index contributed by atoms with van der Waals surface area (Å²) in [5.74, 6) is 0.598. The third-order valence-electron chi connectivity index (χ3n) is 5.33. The van der Waals surface area contributed by atoms with Crippen molar-refractivity contribution in [3.05, 3.63) is 91.4 Å². The zero-order valence-electron chi connectivity index (χ0n) is 19.0. The summed E-state index contributed by atoms with van der Waals surface area (Å²) in [6.45, 7) is 0.393. The Labute approximate surface area is 208 Å². The van der Waals surface area contributed by atoms with Crippen molar-refractivity contribution in [3.8, 4) is 11.6 Å². The Morgan fingerprint density at radius 2 is 1.89 bits per heavy atom. The maximum atomic E-state index is 13.1. The van der Waals surface area contributed by atoms with Crippen molar-refractivity contribution in [2.24, 2.45) is 7.05 Å². The smallest absolute Gasteiger partial charge is 0.331 e. The average molecular weight is 540 g/mol. The molecule has 0 unspecified atom stereocenters. The molecular formula is C24H22BrN5O5. The number of pyridine rings is 2. The van der Waals surface area contributed by atoms with Crippen molar-refractivity contribution in [1.29, 1.82) is 0 Å². The number of fused-ring (bicyclic) bond motifs is 1. The van der Waals surface area contributed by atoms with E-state index < -0.39 is 17.2 Å². The molecule has 1 amide bonds. The first-order valence-corrected chi connectivity index (χ1v) is 11.4. The minimum Gasteiger partial charge on any atom is -0.492 e. The van der Waals surface area contributed by atoms with Gasteiger partial charge in [0.15, 0.2) is 0 Å². The Balaban J connectivity index is 1.54. The largest absolute Gasteiger partial charge is 0.492 e. The maximum Gasteiger partial charge on any atom is 0.331 e. The molecule has 35 heavy (non-hydrogen) atoms. The van der Waals surface area contributed by atoms with Crippen LogP contribution in [0.15, 0.2) is 68.9 Å². The molecular weight excluding hydrogens is 518 g/mol. The van der Waals surface area contributed by atoms with Gasteiger partial charge >= 0.3 is 5.69 Å². The first-order chi connectivity index (χ1) is 16.9. The van der Waals surface area contributed by atoms with Crippen molar-refractivity contribution < 1.29 is 14.3 Å². The molecule has 0 saturated heterocycles. The van der Waals surface area contributed by atoms with Crippen LogP contribution in [0.3, 0.4) is 0 Å². The van der Waals surface area contributed by atoms with Gasteiger partial charge in [-0.1, -0.05) is 15.9 Å². The lowest BCUT2D eigenvalue weighted by Crippen LogP contribution is -2.40. The lowest BCUT2D eigenvalue weighted by molar-refractivity contribution is 0.0946. The van der Waals surface area contributed by atoms with E-state index in [-0.39, 0.29) is 30.8 Å². The van der Waals surface area contributed by atoms with Crippen molar-refractivity contribution >= 4 is 32.7 Å². The Morgan fingerprint density at radius 1 is 1.11 bits per heavy atom. The molecule has 0 spiro atoms. The SMILES string of the molecule is COc1cc(CNC(=O)c2cc3c(=O)n(CCOc4ccc(Br)cc4)c(=O)n(C)c3cn2)ccn1. The number of rotatable bonds is 8. The summed E-state index contributed by atoms with van der Waals surface area (Å²) in [6.07, 6.45) is 2.93. The fourth-order valence-corrected chi connectivity index (χ4v) is 3.72. The minimum absolute atomic E-state index is 0.0469.